The zero-order chi connectivity index (χ0) is 12.8. The topological polar surface area (TPSA) is 29.5 Å². The fourth-order valence-electron chi connectivity index (χ4n) is 2.77. The summed E-state index contributed by atoms with van der Waals surface area (Å²) in [5.74, 6) is 0.865. The second kappa shape index (κ2) is 6.24. The molecule has 1 saturated carbocycles. The van der Waals surface area contributed by atoms with E-state index in [1.807, 2.05) is 24.3 Å². The Hall–Kier alpha value is -1.02. The highest BCUT2D eigenvalue weighted by Gasteiger charge is 2.32. The molecule has 1 aliphatic rings. The van der Waals surface area contributed by atoms with Crippen molar-refractivity contribution in [3.05, 3.63) is 29.8 Å². The van der Waals surface area contributed by atoms with E-state index in [1.165, 1.54) is 12.8 Å². The second-order valence-corrected chi connectivity index (χ2v) is 5.29. The van der Waals surface area contributed by atoms with Crippen molar-refractivity contribution < 1.29 is 9.84 Å². The van der Waals surface area contributed by atoms with Crippen LogP contribution < -0.4 is 4.74 Å². The molecule has 0 heterocycles. The summed E-state index contributed by atoms with van der Waals surface area (Å²) >= 11 is 0. The summed E-state index contributed by atoms with van der Waals surface area (Å²) in [7, 11) is 0. The van der Waals surface area contributed by atoms with Crippen LogP contribution in [0.4, 0.5) is 0 Å². The summed E-state index contributed by atoms with van der Waals surface area (Å²) in [4.78, 5) is 0. The third kappa shape index (κ3) is 3.05. The number of rotatable bonds is 4. The Bertz CT molecular complexity index is 365. The normalized spacial score (nSPS) is 19.2. The number of ether oxygens (including phenoxy) is 1. The molecule has 1 fully saturated rings. The van der Waals surface area contributed by atoms with Crippen LogP contribution in [0.2, 0.25) is 0 Å². The van der Waals surface area contributed by atoms with Crippen molar-refractivity contribution in [1.82, 2.24) is 0 Å². The van der Waals surface area contributed by atoms with Gasteiger partial charge in [0.05, 0.1) is 12.2 Å². The van der Waals surface area contributed by atoms with E-state index in [9.17, 15) is 5.11 Å². The van der Waals surface area contributed by atoms with Crippen LogP contribution in [0.3, 0.4) is 0 Å². The molecule has 0 saturated heterocycles. The first-order chi connectivity index (χ1) is 8.76. The van der Waals surface area contributed by atoms with Crippen LogP contribution in [0.1, 0.15) is 57.4 Å². The van der Waals surface area contributed by atoms with Gasteiger partial charge in [-0.3, -0.25) is 0 Å². The molecule has 0 aliphatic heterocycles. The summed E-state index contributed by atoms with van der Waals surface area (Å²) in [5.41, 5.74) is 0.307. The first kappa shape index (κ1) is 13.4. The lowest BCUT2D eigenvalue weighted by molar-refractivity contribution is 0.0179. The number of hydrogen-bond acceptors (Lipinski definition) is 2. The maximum atomic E-state index is 10.9. The van der Waals surface area contributed by atoms with Crippen molar-refractivity contribution >= 4 is 0 Å². The number of benzene rings is 1. The summed E-state index contributed by atoms with van der Waals surface area (Å²) < 4.78 is 5.79. The van der Waals surface area contributed by atoms with E-state index in [-0.39, 0.29) is 0 Å². The maximum absolute atomic E-state index is 10.9. The van der Waals surface area contributed by atoms with Crippen LogP contribution in [0.25, 0.3) is 0 Å². The van der Waals surface area contributed by atoms with Crippen molar-refractivity contribution in [2.24, 2.45) is 0 Å². The SMILES string of the molecule is CCCOc1ccccc1C1(O)CCCCCC1. The van der Waals surface area contributed by atoms with Crippen LogP contribution in [0.15, 0.2) is 24.3 Å². The largest absolute Gasteiger partial charge is 0.493 e. The zero-order valence-corrected chi connectivity index (χ0v) is 11.3. The van der Waals surface area contributed by atoms with Crippen LogP contribution in [0.5, 0.6) is 5.75 Å². The van der Waals surface area contributed by atoms with E-state index < -0.39 is 5.60 Å². The van der Waals surface area contributed by atoms with E-state index in [2.05, 4.69) is 6.92 Å². The molecule has 2 heteroatoms. The average Bonchev–Trinajstić information content (AvgIpc) is 2.62. The minimum atomic E-state index is -0.680. The van der Waals surface area contributed by atoms with Gasteiger partial charge in [0.25, 0.3) is 0 Å². The molecule has 1 aromatic carbocycles. The molecule has 1 aromatic rings. The molecule has 100 valence electrons. The standard InChI is InChI=1S/C16H24O2/c1-2-13-18-15-10-6-5-9-14(15)16(17)11-7-3-4-8-12-16/h5-6,9-10,17H,2-4,7-8,11-13H2,1H3. The van der Waals surface area contributed by atoms with Gasteiger partial charge in [-0.05, 0) is 25.3 Å². The lowest BCUT2D eigenvalue weighted by Crippen LogP contribution is -2.25. The van der Waals surface area contributed by atoms with Crippen molar-refractivity contribution in [2.45, 2.75) is 57.5 Å². The highest BCUT2D eigenvalue weighted by molar-refractivity contribution is 5.38. The molecule has 18 heavy (non-hydrogen) atoms. The van der Waals surface area contributed by atoms with Crippen LogP contribution in [-0.2, 0) is 5.60 Å². The van der Waals surface area contributed by atoms with Crippen LogP contribution >= 0.6 is 0 Å². The highest BCUT2D eigenvalue weighted by Crippen LogP contribution is 2.40. The van der Waals surface area contributed by atoms with Gasteiger partial charge in [-0.2, -0.15) is 0 Å². The maximum Gasteiger partial charge on any atom is 0.125 e. The van der Waals surface area contributed by atoms with Gasteiger partial charge in [0.2, 0.25) is 0 Å². The van der Waals surface area contributed by atoms with Gasteiger partial charge < -0.3 is 9.84 Å². The second-order valence-electron chi connectivity index (χ2n) is 5.29. The molecule has 0 atom stereocenters. The van der Waals surface area contributed by atoms with Crippen LogP contribution in [-0.4, -0.2) is 11.7 Å². The lowest BCUT2D eigenvalue weighted by Gasteiger charge is -2.29. The Kier molecular flexibility index (Phi) is 4.65. The van der Waals surface area contributed by atoms with E-state index >= 15 is 0 Å². The molecular weight excluding hydrogens is 224 g/mol. The van der Waals surface area contributed by atoms with Gasteiger partial charge in [0, 0.05) is 5.56 Å². The van der Waals surface area contributed by atoms with Gasteiger partial charge >= 0.3 is 0 Å². The molecule has 2 rings (SSSR count). The predicted octanol–water partition coefficient (Wildman–Crippen LogP) is 4.02. The van der Waals surface area contributed by atoms with E-state index in [4.69, 9.17) is 4.74 Å². The Morgan fingerprint density at radius 1 is 1.11 bits per heavy atom. The Morgan fingerprint density at radius 3 is 2.44 bits per heavy atom. The fraction of sp³-hybridized carbons (Fsp3) is 0.625. The molecule has 0 unspecified atom stereocenters. The summed E-state index contributed by atoms with van der Waals surface area (Å²) in [5, 5.41) is 10.9. The highest BCUT2D eigenvalue weighted by atomic mass is 16.5. The Balaban J connectivity index is 2.24. The summed E-state index contributed by atoms with van der Waals surface area (Å²) in [6, 6.07) is 7.98. The quantitative estimate of drug-likeness (QED) is 0.816. The third-order valence-corrected chi connectivity index (χ3v) is 3.78. The Morgan fingerprint density at radius 2 is 1.78 bits per heavy atom. The number of hydrogen-bond donors (Lipinski definition) is 1. The molecule has 0 bridgehead atoms. The molecule has 0 aromatic heterocycles. The zero-order valence-electron chi connectivity index (χ0n) is 11.3. The minimum absolute atomic E-state index is 0.680. The fourth-order valence-corrected chi connectivity index (χ4v) is 2.77. The first-order valence-electron chi connectivity index (χ1n) is 7.21. The number of aliphatic hydroxyl groups is 1. The van der Waals surface area contributed by atoms with Gasteiger partial charge in [-0.1, -0.05) is 50.8 Å². The molecule has 1 aliphatic carbocycles. The average molecular weight is 248 g/mol. The predicted molar refractivity (Wildman–Crippen MR) is 73.8 cm³/mol. The van der Waals surface area contributed by atoms with Crippen molar-refractivity contribution in [3.63, 3.8) is 0 Å². The smallest absolute Gasteiger partial charge is 0.125 e. The molecular formula is C16H24O2. The van der Waals surface area contributed by atoms with Crippen molar-refractivity contribution in [3.8, 4) is 5.75 Å². The summed E-state index contributed by atoms with van der Waals surface area (Å²) in [6.07, 6.45) is 7.41. The summed E-state index contributed by atoms with van der Waals surface area (Å²) in [6.45, 7) is 2.82. The van der Waals surface area contributed by atoms with E-state index in [0.717, 1.165) is 43.4 Å². The van der Waals surface area contributed by atoms with Gasteiger partial charge in [-0.25, -0.2) is 0 Å². The van der Waals surface area contributed by atoms with Crippen molar-refractivity contribution in [2.75, 3.05) is 6.61 Å². The third-order valence-electron chi connectivity index (χ3n) is 3.78. The van der Waals surface area contributed by atoms with Crippen LogP contribution in [0, 0.1) is 0 Å². The van der Waals surface area contributed by atoms with Gasteiger partial charge in [0.1, 0.15) is 5.75 Å². The minimum Gasteiger partial charge on any atom is -0.493 e. The van der Waals surface area contributed by atoms with Gasteiger partial charge in [-0.15, -0.1) is 0 Å². The molecule has 0 amide bonds. The monoisotopic (exact) mass is 248 g/mol. The van der Waals surface area contributed by atoms with E-state index in [0.29, 0.717) is 6.61 Å². The van der Waals surface area contributed by atoms with E-state index in [1.54, 1.807) is 0 Å². The molecule has 0 spiro atoms. The number of para-hydroxylation sites is 1. The lowest BCUT2D eigenvalue weighted by atomic mass is 9.86. The first-order valence-corrected chi connectivity index (χ1v) is 7.21. The van der Waals surface area contributed by atoms with Gasteiger partial charge in [0.15, 0.2) is 0 Å². The molecule has 0 radical (unpaired) electrons. The Labute approximate surface area is 110 Å². The molecule has 2 nitrogen and oxygen atoms in total. The van der Waals surface area contributed by atoms with Crippen molar-refractivity contribution in [1.29, 1.82) is 0 Å². The molecule has 1 N–H and O–H groups in total.